The number of aliphatic hydroxyl groups excluding tert-OH is 1. The van der Waals surface area contributed by atoms with Crippen LogP contribution in [-0.4, -0.2) is 32.0 Å². The minimum Gasteiger partial charge on any atom is -0.503 e. The van der Waals surface area contributed by atoms with E-state index in [1.807, 2.05) is 42.5 Å². The summed E-state index contributed by atoms with van der Waals surface area (Å²) in [5.41, 5.74) is 2.19. The number of carbonyl (C=O) groups is 2. The zero-order valence-electron chi connectivity index (χ0n) is 19.1. The molecule has 0 bridgehead atoms. The maximum absolute atomic E-state index is 13.7. The molecule has 1 aliphatic heterocycles. The van der Waals surface area contributed by atoms with Gasteiger partial charge in [0, 0.05) is 23.5 Å². The summed E-state index contributed by atoms with van der Waals surface area (Å²) in [5, 5.41) is 20.5. The summed E-state index contributed by atoms with van der Waals surface area (Å²) in [7, 11) is 0. The Kier molecular flexibility index (Phi) is 6.03. The van der Waals surface area contributed by atoms with Gasteiger partial charge in [-0.3, -0.25) is 19.5 Å². The van der Waals surface area contributed by atoms with Crippen molar-refractivity contribution in [3.05, 3.63) is 113 Å². The van der Waals surface area contributed by atoms with Gasteiger partial charge in [-0.05, 0) is 35.4 Å². The maximum Gasteiger partial charge on any atom is 0.296 e. The second-order valence-electron chi connectivity index (χ2n) is 8.22. The Hall–Kier alpha value is -4.28. The normalized spacial score (nSPS) is 15.6. The fourth-order valence-electron chi connectivity index (χ4n) is 4.20. The van der Waals surface area contributed by atoms with Crippen molar-refractivity contribution < 1.29 is 19.1 Å². The van der Waals surface area contributed by atoms with Crippen LogP contribution in [0, 0.1) is 0 Å². The number of pyridine rings is 1. The SMILES string of the molecule is O=C(C1=C(O)C(=O)N(c2nnc(SCc3ccccc3)s2)C1c1ccncc1)c1cc2ccccc2o1. The summed E-state index contributed by atoms with van der Waals surface area (Å²) in [5.74, 6) is -1.21. The summed E-state index contributed by atoms with van der Waals surface area (Å²) in [6.07, 6.45) is 3.13. The van der Waals surface area contributed by atoms with Crippen LogP contribution in [0.5, 0.6) is 0 Å². The average Bonchev–Trinajstić information content (AvgIpc) is 3.65. The number of ketones is 1. The standard InChI is InChI=1S/C27H18N4O4S2/c32-23(20-14-18-8-4-5-9-19(18)35-20)21-22(17-10-12-28-13-11-17)31(25(34)24(21)33)26-29-30-27(37-26)36-15-16-6-2-1-3-7-16/h1-14,22,33H,15H2. The predicted molar refractivity (Wildman–Crippen MR) is 141 cm³/mol. The lowest BCUT2D eigenvalue weighted by molar-refractivity contribution is -0.117. The molecule has 1 N–H and O–H groups in total. The number of rotatable bonds is 7. The third-order valence-electron chi connectivity index (χ3n) is 5.93. The summed E-state index contributed by atoms with van der Waals surface area (Å²) in [4.78, 5) is 32.4. The molecule has 1 amide bonds. The second-order valence-corrected chi connectivity index (χ2v) is 10.4. The van der Waals surface area contributed by atoms with Gasteiger partial charge in [0.15, 0.2) is 15.9 Å². The number of amides is 1. The monoisotopic (exact) mass is 526 g/mol. The van der Waals surface area contributed by atoms with E-state index in [9.17, 15) is 14.7 Å². The highest BCUT2D eigenvalue weighted by Gasteiger charge is 2.46. The molecule has 0 saturated carbocycles. The lowest BCUT2D eigenvalue weighted by Gasteiger charge is -2.23. The Bertz CT molecular complexity index is 1610. The molecular weight excluding hydrogens is 508 g/mol. The van der Waals surface area contributed by atoms with Gasteiger partial charge in [-0.1, -0.05) is 71.6 Å². The van der Waals surface area contributed by atoms with Gasteiger partial charge in [0.05, 0.1) is 11.6 Å². The number of hydrogen-bond donors (Lipinski definition) is 1. The molecule has 1 aliphatic rings. The van der Waals surface area contributed by atoms with Crippen molar-refractivity contribution in [2.45, 2.75) is 16.1 Å². The number of fused-ring (bicyclic) bond motifs is 1. The average molecular weight is 527 g/mol. The predicted octanol–water partition coefficient (Wildman–Crippen LogP) is 5.75. The fourth-order valence-corrected chi connectivity index (χ4v) is 6.02. The third kappa shape index (κ3) is 4.30. The molecule has 0 fully saturated rings. The Balaban J connectivity index is 1.36. The first-order chi connectivity index (χ1) is 18.1. The van der Waals surface area contributed by atoms with Gasteiger partial charge in [-0.15, -0.1) is 10.2 Å². The molecule has 8 nitrogen and oxygen atoms in total. The first-order valence-electron chi connectivity index (χ1n) is 11.3. The van der Waals surface area contributed by atoms with Crippen LogP contribution in [0.1, 0.15) is 27.7 Å². The summed E-state index contributed by atoms with van der Waals surface area (Å²) < 4.78 is 6.43. The molecule has 6 rings (SSSR count). The van der Waals surface area contributed by atoms with Crippen LogP contribution in [0.4, 0.5) is 5.13 Å². The molecule has 3 aromatic heterocycles. The van der Waals surface area contributed by atoms with Crippen LogP contribution in [-0.2, 0) is 10.5 Å². The molecule has 5 aromatic rings. The molecular formula is C27H18N4O4S2. The number of Topliss-reactive ketones (excluding diaryl/α,β-unsaturated/α-hetero) is 1. The van der Waals surface area contributed by atoms with Crippen LogP contribution < -0.4 is 4.90 Å². The van der Waals surface area contributed by atoms with Crippen molar-refractivity contribution in [2.24, 2.45) is 0 Å². The van der Waals surface area contributed by atoms with Crippen molar-refractivity contribution >= 4 is 50.9 Å². The number of furan rings is 1. The molecule has 2 aromatic carbocycles. The zero-order chi connectivity index (χ0) is 25.4. The van der Waals surface area contributed by atoms with Crippen molar-refractivity contribution in [3.63, 3.8) is 0 Å². The Morgan fingerprint density at radius 2 is 1.78 bits per heavy atom. The summed E-state index contributed by atoms with van der Waals surface area (Å²) in [6.45, 7) is 0. The van der Waals surface area contributed by atoms with Gasteiger partial charge < -0.3 is 9.52 Å². The fraction of sp³-hybridized carbons (Fsp3) is 0.0741. The van der Waals surface area contributed by atoms with Crippen LogP contribution in [0.2, 0.25) is 0 Å². The van der Waals surface area contributed by atoms with Crippen molar-refractivity contribution in [3.8, 4) is 0 Å². The second kappa shape index (κ2) is 9.64. The van der Waals surface area contributed by atoms with Crippen molar-refractivity contribution in [1.29, 1.82) is 0 Å². The highest BCUT2D eigenvalue weighted by atomic mass is 32.2. The van der Waals surface area contributed by atoms with Crippen LogP contribution in [0.15, 0.2) is 105 Å². The van der Waals surface area contributed by atoms with Gasteiger partial charge >= 0.3 is 0 Å². The van der Waals surface area contributed by atoms with E-state index >= 15 is 0 Å². The van der Waals surface area contributed by atoms with Gasteiger partial charge in [0.25, 0.3) is 5.91 Å². The van der Waals surface area contributed by atoms with E-state index in [4.69, 9.17) is 4.42 Å². The van der Waals surface area contributed by atoms with Gasteiger partial charge in [0.1, 0.15) is 5.58 Å². The van der Waals surface area contributed by atoms with Crippen molar-refractivity contribution in [1.82, 2.24) is 15.2 Å². The molecule has 1 atom stereocenters. The van der Waals surface area contributed by atoms with E-state index < -0.39 is 23.5 Å². The van der Waals surface area contributed by atoms with E-state index in [-0.39, 0.29) is 16.5 Å². The number of benzene rings is 2. The number of carbonyl (C=O) groups excluding carboxylic acids is 2. The molecule has 4 heterocycles. The van der Waals surface area contributed by atoms with Crippen molar-refractivity contribution in [2.75, 3.05) is 4.90 Å². The van der Waals surface area contributed by atoms with E-state index in [1.165, 1.54) is 28.0 Å². The Morgan fingerprint density at radius 3 is 2.57 bits per heavy atom. The van der Waals surface area contributed by atoms with E-state index in [0.717, 1.165) is 10.9 Å². The topological polar surface area (TPSA) is 109 Å². The molecule has 0 aliphatic carbocycles. The molecule has 1 unspecified atom stereocenters. The van der Waals surface area contributed by atoms with E-state index in [0.29, 0.717) is 21.2 Å². The number of nitrogens with zero attached hydrogens (tertiary/aromatic N) is 4. The Labute approximate surface area is 219 Å². The van der Waals surface area contributed by atoms with Crippen LogP contribution in [0.3, 0.4) is 0 Å². The number of para-hydroxylation sites is 1. The first-order valence-corrected chi connectivity index (χ1v) is 13.1. The quantitative estimate of drug-likeness (QED) is 0.162. The van der Waals surface area contributed by atoms with Crippen LogP contribution in [0.25, 0.3) is 11.0 Å². The molecule has 10 heteroatoms. The van der Waals surface area contributed by atoms with Crippen LogP contribution >= 0.6 is 23.1 Å². The van der Waals surface area contributed by atoms with Gasteiger partial charge in [-0.2, -0.15) is 0 Å². The minimum absolute atomic E-state index is 0.0350. The smallest absolute Gasteiger partial charge is 0.296 e. The zero-order valence-corrected chi connectivity index (χ0v) is 20.8. The lowest BCUT2D eigenvalue weighted by atomic mass is 9.96. The van der Waals surface area contributed by atoms with E-state index in [1.54, 1.807) is 42.7 Å². The molecule has 0 spiro atoms. The number of thioether (sulfide) groups is 1. The minimum atomic E-state index is -0.920. The first kappa shape index (κ1) is 23.1. The number of aliphatic hydroxyl groups is 1. The number of aromatic nitrogens is 3. The molecule has 182 valence electrons. The Morgan fingerprint density at radius 1 is 1.03 bits per heavy atom. The number of hydrogen-bond acceptors (Lipinski definition) is 9. The highest BCUT2D eigenvalue weighted by molar-refractivity contribution is 8.00. The molecule has 0 saturated heterocycles. The summed E-state index contributed by atoms with van der Waals surface area (Å²) in [6, 6.07) is 21.3. The van der Waals surface area contributed by atoms with E-state index in [2.05, 4.69) is 15.2 Å². The lowest BCUT2D eigenvalue weighted by Crippen LogP contribution is -2.31. The molecule has 37 heavy (non-hydrogen) atoms. The van der Waals surface area contributed by atoms with Gasteiger partial charge in [0.2, 0.25) is 10.9 Å². The summed E-state index contributed by atoms with van der Waals surface area (Å²) >= 11 is 2.72. The highest BCUT2D eigenvalue weighted by Crippen LogP contribution is 2.44. The molecule has 0 radical (unpaired) electrons. The maximum atomic E-state index is 13.7. The third-order valence-corrected chi connectivity index (χ3v) is 8.06. The number of anilines is 1. The largest absolute Gasteiger partial charge is 0.503 e. The van der Waals surface area contributed by atoms with Gasteiger partial charge in [-0.25, -0.2) is 0 Å².